The molecule has 3 aromatic rings. The first-order chi connectivity index (χ1) is 16.0. The largest absolute Gasteiger partial charge is 0.497 e. The summed E-state index contributed by atoms with van der Waals surface area (Å²) in [6, 6.07) is 22.5. The molecule has 7 heteroatoms. The van der Waals surface area contributed by atoms with Crippen LogP contribution in [0.4, 0.5) is 11.4 Å². The van der Waals surface area contributed by atoms with Crippen LogP contribution in [-0.2, 0) is 9.59 Å². The third kappa shape index (κ3) is 5.20. The minimum absolute atomic E-state index is 0.0630. The monoisotopic (exact) mass is 508 g/mol. The van der Waals surface area contributed by atoms with Crippen LogP contribution in [0.25, 0.3) is 0 Å². The summed E-state index contributed by atoms with van der Waals surface area (Å²) in [5, 5.41) is 2.91. The van der Waals surface area contributed by atoms with Gasteiger partial charge in [-0.15, -0.1) is 0 Å². The smallest absolute Gasteiger partial charge is 0.231 e. The Hall–Kier alpha value is -3.32. The Morgan fingerprint density at radius 3 is 2.09 bits per heavy atom. The molecule has 1 aliphatic rings. The summed E-state index contributed by atoms with van der Waals surface area (Å²) in [6.45, 7) is 0.494. The van der Waals surface area contributed by atoms with Crippen molar-refractivity contribution in [3.8, 4) is 11.5 Å². The molecule has 1 fully saturated rings. The summed E-state index contributed by atoms with van der Waals surface area (Å²) in [6.07, 6.45) is 0.0955. The van der Waals surface area contributed by atoms with Gasteiger partial charge in [-0.2, -0.15) is 0 Å². The third-order valence-corrected chi connectivity index (χ3v) is 6.44. The Labute approximate surface area is 201 Å². The standard InChI is InChI=1S/C26H25BrN2O4/c1-32-21-11-3-17(4-12-21)24-16-29(20-9-13-22(33-2)14-10-20)26(31)23(24)15-25(30)28-19-7-5-18(27)6-8-19/h3-14,23-24H,15-16H2,1-2H3,(H,28,30)/t23-,24+/m0/s1. The molecule has 0 saturated carbocycles. The van der Waals surface area contributed by atoms with Crippen LogP contribution >= 0.6 is 15.9 Å². The lowest BCUT2D eigenvalue weighted by Crippen LogP contribution is -2.29. The molecule has 170 valence electrons. The lowest BCUT2D eigenvalue weighted by molar-refractivity contribution is -0.125. The van der Waals surface area contributed by atoms with E-state index in [2.05, 4.69) is 21.2 Å². The molecule has 1 aliphatic heterocycles. The molecule has 0 aliphatic carbocycles. The second-order valence-corrected chi connectivity index (χ2v) is 8.81. The summed E-state index contributed by atoms with van der Waals surface area (Å²) in [4.78, 5) is 28.1. The molecular weight excluding hydrogens is 484 g/mol. The molecule has 3 aromatic carbocycles. The SMILES string of the molecule is COc1ccc([C@H]2CN(c3ccc(OC)cc3)C(=O)[C@H]2CC(=O)Nc2ccc(Br)cc2)cc1. The highest BCUT2D eigenvalue weighted by Crippen LogP contribution is 2.39. The number of hydrogen-bond acceptors (Lipinski definition) is 4. The fourth-order valence-corrected chi connectivity index (χ4v) is 4.41. The number of carbonyl (C=O) groups excluding carboxylic acids is 2. The molecule has 2 atom stereocenters. The highest BCUT2D eigenvalue weighted by Gasteiger charge is 2.42. The van der Waals surface area contributed by atoms with Crippen LogP contribution in [0.5, 0.6) is 11.5 Å². The Morgan fingerprint density at radius 1 is 0.939 bits per heavy atom. The van der Waals surface area contributed by atoms with Gasteiger partial charge in [-0.05, 0) is 66.2 Å². The number of hydrogen-bond donors (Lipinski definition) is 1. The number of nitrogens with one attached hydrogen (secondary N) is 1. The zero-order chi connectivity index (χ0) is 23.4. The van der Waals surface area contributed by atoms with Crippen molar-refractivity contribution in [2.45, 2.75) is 12.3 Å². The molecule has 1 saturated heterocycles. The predicted molar refractivity (Wildman–Crippen MR) is 132 cm³/mol. The topological polar surface area (TPSA) is 67.9 Å². The molecule has 4 rings (SSSR count). The van der Waals surface area contributed by atoms with Gasteiger partial charge in [-0.1, -0.05) is 28.1 Å². The average Bonchev–Trinajstić information content (AvgIpc) is 3.16. The maximum atomic E-state index is 13.5. The number of carbonyl (C=O) groups is 2. The van der Waals surface area contributed by atoms with Gasteiger partial charge in [0.2, 0.25) is 11.8 Å². The minimum Gasteiger partial charge on any atom is -0.497 e. The molecule has 0 aromatic heterocycles. The molecule has 1 N–H and O–H groups in total. The van der Waals surface area contributed by atoms with Crippen LogP contribution in [0.15, 0.2) is 77.3 Å². The number of amides is 2. The summed E-state index contributed by atoms with van der Waals surface area (Å²) < 4.78 is 11.4. The number of halogens is 1. The van der Waals surface area contributed by atoms with Crippen molar-refractivity contribution in [1.82, 2.24) is 0 Å². The molecule has 0 spiro atoms. The Kier molecular flexibility index (Phi) is 6.99. The van der Waals surface area contributed by atoms with E-state index in [-0.39, 0.29) is 24.2 Å². The molecule has 1 heterocycles. The van der Waals surface area contributed by atoms with Crippen molar-refractivity contribution in [1.29, 1.82) is 0 Å². The van der Waals surface area contributed by atoms with Crippen LogP contribution in [0, 0.1) is 5.92 Å². The van der Waals surface area contributed by atoms with Crippen LogP contribution in [-0.4, -0.2) is 32.6 Å². The summed E-state index contributed by atoms with van der Waals surface area (Å²) >= 11 is 3.39. The molecule has 0 unspecified atom stereocenters. The average molecular weight is 509 g/mol. The zero-order valence-electron chi connectivity index (χ0n) is 18.5. The second-order valence-electron chi connectivity index (χ2n) is 7.89. The van der Waals surface area contributed by atoms with E-state index in [0.717, 1.165) is 27.2 Å². The van der Waals surface area contributed by atoms with Gasteiger partial charge >= 0.3 is 0 Å². The molecule has 0 radical (unpaired) electrons. The van der Waals surface area contributed by atoms with Crippen molar-refractivity contribution >= 4 is 39.1 Å². The lowest BCUT2D eigenvalue weighted by atomic mass is 9.86. The number of rotatable bonds is 7. The normalized spacial score (nSPS) is 17.7. The Bertz CT molecular complexity index is 1110. The maximum absolute atomic E-state index is 13.5. The number of nitrogens with zero attached hydrogens (tertiary/aromatic N) is 1. The molecular formula is C26H25BrN2O4. The number of anilines is 2. The second kappa shape index (κ2) is 10.1. The fraction of sp³-hybridized carbons (Fsp3) is 0.231. The summed E-state index contributed by atoms with van der Waals surface area (Å²) in [5.74, 6) is 0.622. The molecule has 0 bridgehead atoms. The van der Waals surface area contributed by atoms with Crippen molar-refractivity contribution in [2.24, 2.45) is 5.92 Å². The quantitative estimate of drug-likeness (QED) is 0.473. The first-order valence-electron chi connectivity index (χ1n) is 10.6. The zero-order valence-corrected chi connectivity index (χ0v) is 20.0. The fourth-order valence-electron chi connectivity index (χ4n) is 4.14. The van der Waals surface area contributed by atoms with E-state index < -0.39 is 5.92 Å². The van der Waals surface area contributed by atoms with E-state index in [1.54, 1.807) is 19.1 Å². The van der Waals surface area contributed by atoms with E-state index in [4.69, 9.17) is 9.47 Å². The van der Waals surface area contributed by atoms with Crippen LogP contribution in [0.2, 0.25) is 0 Å². The van der Waals surface area contributed by atoms with Crippen molar-refractivity contribution in [3.63, 3.8) is 0 Å². The maximum Gasteiger partial charge on any atom is 0.231 e. The summed E-state index contributed by atoms with van der Waals surface area (Å²) in [7, 11) is 3.23. The van der Waals surface area contributed by atoms with Crippen molar-refractivity contribution < 1.29 is 19.1 Å². The van der Waals surface area contributed by atoms with Gasteiger partial charge in [0, 0.05) is 34.7 Å². The van der Waals surface area contributed by atoms with Gasteiger partial charge in [0.1, 0.15) is 11.5 Å². The van der Waals surface area contributed by atoms with E-state index in [1.807, 2.05) is 72.8 Å². The highest BCUT2D eigenvalue weighted by molar-refractivity contribution is 9.10. The van der Waals surface area contributed by atoms with E-state index in [0.29, 0.717) is 12.2 Å². The van der Waals surface area contributed by atoms with Crippen LogP contribution in [0.1, 0.15) is 17.9 Å². The lowest BCUT2D eigenvalue weighted by Gasteiger charge is -2.17. The van der Waals surface area contributed by atoms with Gasteiger partial charge < -0.3 is 19.7 Å². The first-order valence-corrected chi connectivity index (χ1v) is 11.4. The van der Waals surface area contributed by atoms with Gasteiger partial charge in [-0.25, -0.2) is 0 Å². The highest BCUT2D eigenvalue weighted by atomic mass is 79.9. The van der Waals surface area contributed by atoms with Crippen molar-refractivity contribution in [3.05, 3.63) is 82.8 Å². The Balaban J connectivity index is 1.58. The number of benzene rings is 3. The van der Waals surface area contributed by atoms with E-state index in [1.165, 1.54) is 0 Å². The van der Waals surface area contributed by atoms with Crippen LogP contribution < -0.4 is 19.7 Å². The van der Waals surface area contributed by atoms with E-state index in [9.17, 15) is 9.59 Å². The molecule has 6 nitrogen and oxygen atoms in total. The van der Waals surface area contributed by atoms with Crippen molar-refractivity contribution in [2.75, 3.05) is 31.0 Å². The third-order valence-electron chi connectivity index (χ3n) is 5.91. The summed E-state index contributed by atoms with van der Waals surface area (Å²) in [5.41, 5.74) is 2.48. The minimum atomic E-state index is -0.476. The predicted octanol–water partition coefficient (Wildman–Crippen LogP) is 5.24. The van der Waals surface area contributed by atoms with Crippen LogP contribution in [0.3, 0.4) is 0 Å². The molecule has 33 heavy (non-hydrogen) atoms. The van der Waals surface area contributed by atoms with Gasteiger partial charge in [0.05, 0.1) is 20.1 Å². The Morgan fingerprint density at radius 2 is 1.52 bits per heavy atom. The van der Waals surface area contributed by atoms with Gasteiger partial charge in [0.15, 0.2) is 0 Å². The van der Waals surface area contributed by atoms with E-state index >= 15 is 0 Å². The van der Waals surface area contributed by atoms with Gasteiger partial charge in [-0.3, -0.25) is 9.59 Å². The van der Waals surface area contributed by atoms with Gasteiger partial charge in [0.25, 0.3) is 0 Å². The molecule has 2 amide bonds. The number of methoxy groups -OCH3 is 2. The first kappa shape index (κ1) is 22.9. The number of ether oxygens (including phenoxy) is 2.